The van der Waals surface area contributed by atoms with Crippen molar-refractivity contribution >= 4 is 11.6 Å². The first-order valence-electron chi connectivity index (χ1n) is 9.61. The predicted octanol–water partition coefficient (Wildman–Crippen LogP) is 5.23. The first kappa shape index (κ1) is 19.0. The molecule has 0 radical (unpaired) electrons. The van der Waals surface area contributed by atoms with Gasteiger partial charge in [-0.15, -0.1) is 0 Å². The molecule has 146 valence electrons. The van der Waals surface area contributed by atoms with Crippen molar-refractivity contribution in [2.24, 2.45) is 0 Å². The largest absolute Gasteiger partial charge is 0.486 e. The number of aromatic nitrogens is 2. The van der Waals surface area contributed by atoms with Crippen molar-refractivity contribution in [2.75, 3.05) is 13.1 Å². The zero-order valence-corrected chi connectivity index (χ0v) is 16.4. The Morgan fingerprint density at radius 2 is 1.68 bits per heavy atom. The molecule has 0 saturated carbocycles. The zero-order chi connectivity index (χ0) is 19.3. The average molecular weight is 400 g/mol. The molecule has 0 unspecified atom stereocenters. The van der Waals surface area contributed by atoms with Crippen LogP contribution >= 0.6 is 11.6 Å². The first-order chi connectivity index (χ1) is 13.7. The van der Waals surface area contributed by atoms with E-state index in [0.717, 1.165) is 36.8 Å². The fraction of sp³-hybridized carbons (Fsp3) is 0.318. The number of hydrogen-bond acceptors (Lipinski definition) is 3. The van der Waals surface area contributed by atoms with Gasteiger partial charge in [0.1, 0.15) is 18.2 Å². The van der Waals surface area contributed by atoms with Crippen molar-refractivity contribution in [3.63, 3.8) is 0 Å². The molecule has 1 aliphatic heterocycles. The van der Waals surface area contributed by atoms with Crippen molar-refractivity contribution < 1.29 is 9.13 Å². The van der Waals surface area contributed by atoms with Crippen LogP contribution in [0.3, 0.4) is 0 Å². The predicted molar refractivity (Wildman–Crippen MR) is 108 cm³/mol. The molecule has 1 aromatic heterocycles. The number of imidazole rings is 1. The van der Waals surface area contributed by atoms with E-state index >= 15 is 0 Å². The molecular weight excluding hydrogens is 377 g/mol. The van der Waals surface area contributed by atoms with Crippen LogP contribution in [0.2, 0.25) is 5.02 Å². The molecule has 0 atom stereocenters. The van der Waals surface area contributed by atoms with Gasteiger partial charge in [-0.1, -0.05) is 18.0 Å². The van der Waals surface area contributed by atoms with Gasteiger partial charge in [-0.3, -0.25) is 4.90 Å². The minimum atomic E-state index is -0.279. The highest BCUT2D eigenvalue weighted by molar-refractivity contribution is 6.30. The molecule has 4 rings (SSSR count). The van der Waals surface area contributed by atoms with E-state index in [1.54, 1.807) is 12.1 Å². The maximum atomic E-state index is 13.1. The van der Waals surface area contributed by atoms with E-state index in [1.165, 1.54) is 31.4 Å². The van der Waals surface area contributed by atoms with Crippen LogP contribution in [-0.2, 0) is 13.2 Å². The van der Waals surface area contributed by atoms with E-state index in [1.807, 2.05) is 28.8 Å². The van der Waals surface area contributed by atoms with Gasteiger partial charge in [0.05, 0.1) is 5.69 Å². The van der Waals surface area contributed by atoms with Crippen LogP contribution in [0.25, 0.3) is 5.69 Å². The van der Waals surface area contributed by atoms with Gasteiger partial charge in [0, 0.05) is 23.5 Å². The third-order valence-electron chi connectivity index (χ3n) is 4.95. The molecule has 2 aromatic carbocycles. The molecule has 28 heavy (non-hydrogen) atoms. The Kier molecular flexibility index (Phi) is 5.93. The summed E-state index contributed by atoms with van der Waals surface area (Å²) >= 11 is 6.04. The lowest BCUT2D eigenvalue weighted by Crippen LogP contribution is -2.29. The number of piperidine rings is 1. The summed E-state index contributed by atoms with van der Waals surface area (Å²) in [6.07, 6.45) is 5.88. The lowest BCUT2D eigenvalue weighted by atomic mass is 10.1. The lowest BCUT2D eigenvalue weighted by Gasteiger charge is -2.25. The molecule has 1 saturated heterocycles. The quantitative estimate of drug-likeness (QED) is 0.568. The molecule has 6 heteroatoms. The molecule has 0 N–H and O–H groups in total. The average Bonchev–Trinajstić information content (AvgIpc) is 3.11. The number of benzene rings is 2. The molecule has 1 aliphatic rings. The number of hydrogen-bond donors (Lipinski definition) is 0. The molecule has 1 fully saturated rings. The lowest BCUT2D eigenvalue weighted by molar-refractivity contribution is 0.218. The summed E-state index contributed by atoms with van der Waals surface area (Å²) in [5.74, 6) is 1.14. The second kappa shape index (κ2) is 8.76. The van der Waals surface area contributed by atoms with Crippen LogP contribution in [0.15, 0.2) is 54.7 Å². The SMILES string of the molecule is Fc1ccc(OCc2nc(CN3CCCCC3)cn2-c2ccc(Cl)cc2)cc1. The van der Waals surface area contributed by atoms with Gasteiger partial charge in [-0.25, -0.2) is 9.37 Å². The number of likely N-dealkylation sites (tertiary alicyclic amines) is 1. The third kappa shape index (κ3) is 4.72. The Morgan fingerprint density at radius 1 is 0.964 bits per heavy atom. The molecule has 2 heterocycles. The zero-order valence-electron chi connectivity index (χ0n) is 15.7. The van der Waals surface area contributed by atoms with E-state index in [9.17, 15) is 4.39 Å². The van der Waals surface area contributed by atoms with E-state index in [0.29, 0.717) is 17.4 Å². The Bertz CT molecular complexity index is 903. The van der Waals surface area contributed by atoms with Gasteiger partial charge in [-0.2, -0.15) is 0 Å². The van der Waals surface area contributed by atoms with Gasteiger partial charge in [0.25, 0.3) is 0 Å². The molecule has 0 amide bonds. The molecular formula is C22H23ClFN3O. The standard InChI is InChI=1S/C22H23ClFN3O/c23-17-4-8-20(9-5-17)27-15-19(14-26-12-2-1-3-13-26)25-22(27)16-28-21-10-6-18(24)7-11-21/h4-11,15H,1-3,12-14,16H2. The highest BCUT2D eigenvalue weighted by Gasteiger charge is 2.15. The molecule has 0 bridgehead atoms. The minimum absolute atomic E-state index is 0.279. The summed E-state index contributed by atoms with van der Waals surface area (Å²) in [7, 11) is 0. The second-order valence-corrected chi connectivity index (χ2v) is 7.51. The normalized spacial score (nSPS) is 14.9. The van der Waals surface area contributed by atoms with Crippen LogP contribution in [0.4, 0.5) is 4.39 Å². The Morgan fingerprint density at radius 3 is 2.39 bits per heavy atom. The number of nitrogens with zero attached hydrogens (tertiary/aromatic N) is 3. The summed E-state index contributed by atoms with van der Waals surface area (Å²) < 4.78 is 21.0. The highest BCUT2D eigenvalue weighted by atomic mass is 35.5. The van der Waals surface area contributed by atoms with E-state index in [-0.39, 0.29) is 5.82 Å². The van der Waals surface area contributed by atoms with Crippen molar-refractivity contribution in [3.05, 3.63) is 77.1 Å². The van der Waals surface area contributed by atoms with Crippen LogP contribution in [0, 0.1) is 5.82 Å². The Balaban J connectivity index is 1.56. The van der Waals surface area contributed by atoms with Gasteiger partial charge in [0.2, 0.25) is 0 Å². The number of halogens is 2. The number of ether oxygens (including phenoxy) is 1. The topological polar surface area (TPSA) is 30.3 Å². The van der Waals surface area contributed by atoms with Gasteiger partial charge in [-0.05, 0) is 74.5 Å². The maximum absolute atomic E-state index is 13.1. The fourth-order valence-electron chi connectivity index (χ4n) is 3.50. The Labute approximate surface area is 169 Å². The number of rotatable bonds is 6. The summed E-state index contributed by atoms with van der Waals surface area (Å²) in [5.41, 5.74) is 2.01. The van der Waals surface area contributed by atoms with Crippen molar-refractivity contribution in [1.82, 2.24) is 14.5 Å². The van der Waals surface area contributed by atoms with E-state index in [2.05, 4.69) is 11.1 Å². The molecule has 0 spiro atoms. The second-order valence-electron chi connectivity index (χ2n) is 7.07. The molecule has 4 nitrogen and oxygen atoms in total. The maximum Gasteiger partial charge on any atom is 0.151 e. The van der Waals surface area contributed by atoms with Crippen LogP contribution in [-0.4, -0.2) is 27.5 Å². The van der Waals surface area contributed by atoms with Crippen LogP contribution < -0.4 is 4.74 Å². The fourth-order valence-corrected chi connectivity index (χ4v) is 3.63. The van der Waals surface area contributed by atoms with Crippen LogP contribution in [0.1, 0.15) is 30.8 Å². The van der Waals surface area contributed by atoms with Crippen molar-refractivity contribution in [2.45, 2.75) is 32.4 Å². The molecule has 0 aliphatic carbocycles. The van der Waals surface area contributed by atoms with Gasteiger partial charge in [0.15, 0.2) is 5.82 Å². The summed E-state index contributed by atoms with van der Waals surface area (Å²) in [5, 5.41) is 0.696. The van der Waals surface area contributed by atoms with E-state index in [4.69, 9.17) is 21.3 Å². The van der Waals surface area contributed by atoms with E-state index < -0.39 is 0 Å². The monoisotopic (exact) mass is 399 g/mol. The first-order valence-corrected chi connectivity index (χ1v) is 9.99. The summed E-state index contributed by atoms with van der Waals surface area (Å²) in [6.45, 7) is 3.38. The van der Waals surface area contributed by atoms with Crippen molar-refractivity contribution in [1.29, 1.82) is 0 Å². The third-order valence-corrected chi connectivity index (χ3v) is 5.20. The molecule has 3 aromatic rings. The highest BCUT2D eigenvalue weighted by Crippen LogP contribution is 2.20. The van der Waals surface area contributed by atoms with Gasteiger partial charge < -0.3 is 9.30 Å². The van der Waals surface area contributed by atoms with Crippen LogP contribution in [0.5, 0.6) is 5.75 Å². The van der Waals surface area contributed by atoms with Crippen molar-refractivity contribution in [3.8, 4) is 11.4 Å². The summed E-state index contributed by atoms with van der Waals surface area (Å²) in [4.78, 5) is 7.27. The minimum Gasteiger partial charge on any atom is -0.486 e. The van der Waals surface area contributed by atoms with Gasteiger partial charge >= 0.3 is 0 Å². The Hall–Kier alpha value is -2.37. The summed E-state index contributed by atoms with van der Waals surface area (Å²) in [6, 6.07) is 13.7. The smallest absolute Gasteiger partial charge is 0.151 e.